The van der Waals surface area contributed by atoms with Gasteiger partial charge in [0.15, 0.2) is 0 Å². The van der Waals surface area contributed by atoms with Crippen molar-refractivity contribution >= 4 is 71.1 Å². The van der Waals surface area contributed by atoms with Crippen LogP contribution in [0.15, 0.2) is 261 Å². The first-order valence-corrected chi connectivity index (χ1v) is 25.8. The summed E-state index contributed by atoms with van der Waals surface area (Å²) in [6.07, 6.45) is 8.76. The zero-order valence-corrected chi connectivity index (χ0v) is 41.1. The lowest BCUT2D eigenvalue weighted by molar-refractivity contribution is 0.755. The van der Waals surface area contributed by atoms with Gasteiger partial charge in [0.2, 0.25) is 0 Å². The first-order chi connectivity index (χ1) is 37.7. The molecule has 0 aliphatic heterocycles. The number of allylic oxidation sites excluding steroid dienone is 2. The summed E-state index contributed by atoms with van der Waals surface area (Å²) >= 11 is 0. The zero-order valence-electron chi connectivity index (χ0n) is 41.1. The summed E-state index contributed by atoms with van der Waals surface area (Å²) in [6.45, 7) is 0. The maximum Gasteiger partial charge on any atom is 0.138 e. The summed E-state index contributed by atoms with van der Waals surface area (Å²) in [5, 5.41) is 11.0. The first kappa shape index (κ1) is 43.4. The Morgan fingerprint density at radius 3 is 1.20 bits per heavy atom. The van der Waals surface area contributed by atoms with Crippen molar-refractivity contribution < 1.29 is 0 Å². The van der Waals surface area contributed by atoms with Gasteiger partial charge >= 0.3 is 0 Å². The molecule has 2 atom stereocenters. The number of hydrogen-bond donors (Lipinski definition) is 1. The number of pyridine rings is 4. The Morgan fingerprint density at radius 2 is 0.697 bits per heavy atom. The molecule has 0 fully saturated rings. The molecule has 0 saturated carbocycles. The standard InChI is InChI=1S/C68H46N8/c1-2-20-44(21-3-1)45-22-4-11-29-52(45)69-57-40-42-65(75-60-36-14-7-25-48(60)49-26-8-15-37-61(49)75)72-67(57)55-32-18-30-53(70-55)54-31-19-33-56(71-54)68-64(74-58-34-12-5-23-46(58)47-24-6-13-35-59(47)74)41-43-66(73-68)76-62-38-16-9-27-50(62)51-28-10-17-39-63(51)76/h1-43,45,52,69H. The number of aromatic nitrogens is 7. The van der Waals surface area contributed by atoms with Crippen LogP contribution in [-0.2, 0) is 0 Å². The van der Waals surface area contributed by atoms with Crippen molar-refractivity contribution in [1.29, 1.82) is 0 Å². The van der Waals surface area contributed by atoms with Gasteiger partial charge in [-0.25, -0.2) is 19.9 Å². The molecule has 76 heavy (non-hydrogen) atoms. The van der Waals surface area contributed by atoms with Crippen molar-refractivity contribution in [1.82, 2.24) is 33.6 Å². The van der Waals surface area contributed by atoms with Gasteiger partial charge in [0.05, 0.1) is 73.3 Å². The predicted octanol–water partition coefficient (Wildman–Crippen LogP) is 16.2. The van der Waals surface area contributed by atoms with Crippen LogP contribution in [0.4, 0.5) is 5.69 Å². The van der Waals surface area contributed by atoms with E-state index in [0.29, 0.717) is 11.4 Å². The van der Waals surface area contributed by atoms with Gasteiger partial charge in [-0.1, -0.05) is 176 Å². The minimum absolute atomic E-state index is 0.0388. The summed E-state index contributed by atoms with van der Waals surface area (Å²) < 4.78 is 6.87. The fourth-order valence-electron chi connectivity index (χ4n) is 11.7. The number of fused-ring (bicyclic) bond motifs is 9. The second kappa shape index (κ2) is 17.8. The van der Waals surface area contributed by atoms with Gasteiger partial charge in [-0.3, -0.25) is 9.13 Å². The summed E-state index contributed by atoms with van der Waals surface area (Å²) in [5.74, 6) is 1.71. The third-order valence-electron chi connectivity index (χ3n) is 15.1. The van der Waals surface area contributed by atoms with Crippen LogP contribution in [0.2, 0.25) is 0 Å². The molecular formula is C68H46N8. The quantitative estimate of drug-likeness (QED) is 0.156. The van der Waals surface area contributed by atoms with Crippen molar-refractivity contribution in [3.8, 4) is 51.5 Å². The zero-order chi connectivity index (χ0) is 50.1. The van der Waals surface area contributed by atoms with Crippen molar-refractivity contribution in [2.24, 2.45) is 0 Å². The Morgan fingerprint density at radius 1 is 0.303 bits per heavy atom. The van der Waals surface area contributed by atoms with E-state index in [9.17, 15) is 0 Å². The molecule has 0 saturated heterocycles. The van der Waals surface area contributed by atoms with E-state index in [-0.39, 0.29) is 12.0 Å². The monoisotopic (exact) mass is 974 g/mol. The molecule has 15 rings (SSSR count). The number of rotatable bonds is 9. The number of nitrogens with zero attached hydrogens (tertiary/aromatic N) is 7. The van der Waals surface area contributed by atoms with Crippen LogP contribution in [0.3, 0.4) is 0 Å². The molecule has 0 bridgehead atoms. The molecule has 1 aliphatic carbocycles. The van der Waals surface area contributed by atoms with Crippen LogP contribution in [-0.4, -0.2) is 39.7 Å². The highest BCUT2D eigenvalue weighted by Crippen LogP contribution is 2.40. The van der Waals surface area contributed by atoms with Crippen molar-refractivity contribution in [3.05, 3.63) is 266 Å². The normalized spacial score (nSPS) is 14.5. The highest BCUT2D eigenvalue weighted by molar-refractivity contribution is 6.11. The summed E-state index contributed by atoms with van der Waals surface area (Å²) in [6, 6.07) is 83.0. The molecule has 358 valence electrons. The van der Waals surface area contributed by atoms with Gasteiger partial charge in [0, 0.05) is 38.2 Å². The van der Waals surface area contributed by atoms with Crippen LogP contribution in [0.5, 0.6) is 0 Å². The smallest absolute Gasteiger partial charge is 0.138 e. The van der Waals surface area contributed by atoms with Gasteiger partial charge in [-0.05, 0) is 90.5 Å². The van der Waals surface area contributed by atoms with E-state index in [4.69, 9.17) is 19.9 Å². The van der Waals surface area contributed by atoms with Crippen LogP contribution in [0, 0.1) is 0 Å². The molecule has 14 aromatic rings. The predicted molar refractivity (Wildman–Crippen MR) is 312 cm³/mol. The van der Waals surface area contributed by atoms with E-state index in [1.165, 1.54) is 37.9 Å². The van der Waals surface area contributed by atoms with E-state index in [0.717, 1.165) is 78.9 Å². The lowest BCUT2D eigenvalue weighted by Crippen LogP contribution is -2.26. The molecule has 7 heterocycles. The van der Waals surface area contributed by atoms with Gasteiger partial charge in [0.1, 0.15) is 23.0 Å². The maximum absolute atomic E-state index is 5.66. The number of anilines is 1. The highest BCUT2D eigenvalue weighted by Gasteiger charge is 2.25. The first-order valence-electron chi connectivity index (χ1n) is 25.8. The second-order valence-corrected chi connectivity index (χ2v) is 19.4. The summed E-state index contributed by atoms with van der Waals surface area (Å²) in [5.41, 5.74) is 13.9. The highest BCUT2D eigenvalue weighted by atomic mass is 15.1. The maximum atomic E-state index is 5.66. The molecule has 0 radical (unpaired) electrons. The lowest BCUT2D eigenvalue weighted by Gasteiger charge is -2.27. The third kappa shape index (κ3) is 7.06. The molecule has 0 spiro atoms. The molecular weight excluding hydrogens is 929 g/mol. The summed E-state index contributed by atoms with van der Waals surface area (Å²) in [7, 11) is 0. The molecule has 1 aliphatic rings. The van der Waals surface area contributed by atoms with E-state index in [1.807, 2.05) is 12.1 Å². The minimum Gasteiger partial charge on any atom is -0.376 e. The molecule has 1 N–H and O–H groups in total. The minimum atomic E-state index is -0.0388. The van der Waals surface area contributed by atoms with Crippen LogP contribution in [0.25, 0.3) is 117 Å². The largest absolute Gasteiger partial charge is 0.376 e. The Kier molecular flexibility index (Phi) is 10.2. The number of hydrogen-bond acceptors (Lipinski definition) is 5. The van der Waals surface area contributed by atoms with Gasteiger partial charge in [0.25, 0.3) is 0 Å². The average Bonchev–Trinajstić information content (AvgIpc) is 4.16. The Bertz CT molecular complexity index is 4490. The molecule has 7 aromatic heterocycles. The topological polar surface area (TPSA) is 78.4 Å². The Balaban J connectivity index is 0.903. The fraction of sp³-hybridized carbons (Fsp3) is 0.0294. The van der Waals surface area contributed by atoms with E-state index < -0.39 is 0 Å². The van der Waals surface area contributed by atoms with Crippen LogP contribution < -0.4 is 5.32 Å². The molecule has 2 unspecified atom stereocenters. The van der Waals surface area contributed by atoms with Crippen molar-refractivity contribution in [3.63, 3.8) is 0 Å². The van der Waals surface area contributed by atoms with Crippen molar-refractivity contribution in [2.75, 3.05) is 5.32 Å². The van der Waals surface area contributed by atoms with E-state index >= 15 is 0 Å². The number of nitrogens with one attached hydrogen (secondary N) is 1. The third-order valence-corrected chi connectivity index (χ3v) is 15.1. The second-order valence-electron chi connectivity index (χ2n) is 19.4. The molecule has 8 heteroatoms. The fourth-order valence-corrected chi connectivity index (χ4v) is 11.7. The van der Waals surface area contributed by atoms with Crippen LogP contribution in [0.1, 0.15) is 11.5 Å². The Labute approximate surface area is 437 Å². The number of benzene rings is 7. The van der Waals surface area contributed by atoms with Gasteiger partial charge < -0.3 is 9.88 Å². The van der Waals surface area contributed by atoms with Gasteiger partial charge in [-0.2, -0.15) is 0 Å². The van der Waals surface area contributed by atoms with E-state index in [1.54, 1.807) is 0 Å². The average molecular weight is 975 g/mol. The molecule has 0 amide bonds. The van der Waals surface area contributed by atoms with E-state index in [2.05, 4.69) is 268 Å². The summed E-state index contributed by atoms with van der Waals surface area (Å²) in [4.78, 5) is 22.2. The number of para-hydroxylation sites is 6. The van der Waals surface area contributed by atoms with Gasteiger partial charge in [-0.15, -0.1) is 0 Å². The van der Waals surface area contributed by atoms with Crippen molar-refractivity contribution in [2.45, 2.75) is 12.0 Å². The molecule has 7 aromatic carbocycles. The molecule has 8 nitrogen and oxygen atoms in total. The van der Waals surface area contributed by atoms with Crippen LogP contribution >= 0.6 is 0 Å². The SMILES string of the molecule is C1=CC(Nc2ccc(-n3c4ccccc4c4ccccc43)nc2-c2cccc(-c3cccc(-c4nc(-n5c6ccccc6c6ccccc65)ccc4-n4c5ccccc5c5ccccc54)n3)n2)C(c2ccccc2)C=C1. The Hall–Kier alpha value is -10.2. The lowest BCUT2D eigenvalue weighted by atomic mass is 9.88.